The Morgan fingerprint density at radius 3 is 2.52 bits per heavy atom. The van der Waals surface area contributed by atoms with Crippen LogP contribution in [-0.2, 0) is 0 Å². The van der Waals surface area contributed by atoms with Crippen molar-refractivity contribution in [3.63, 3.8) is 0 Å². The van der Waals surface area contributed by atoms with E-state index in [1.807, 2.05) is 36.5 Å². The van der Waals surface area contributed by atoms with Gasteiger partial charge in [0.2, 0.25) is 0 Å². The van der Waals surface area contributed by atoms with E-state index in [0.29, 0.717) is 11.2 Å². The lowest BCUT2D eigenvalue weighted by atomic mass is 10.0. The topological polar surface area (TPSA) is 53.3 Å². The molecule has 2 N–H and O–H groups in total. The van der Waals surface area contributed by atoms with Crippen LogP contribution in [0.15, 0.2) is 67.0 Å². The van der Waals surface area contributed by atoms with Crippen LogP contribution in [0.4, 0.5) is 5.69 Å². The summed E-state index contributed by atoms with van der Waals surface area (Å²) in [4.78, 5) is 6.69. The highest BCUT2D eigenvalue weighted by Gasteiger charge is 2.42. The zero-order valence-electron chi connectivity index (χ0n) is 15.3. The number of aromatic hydroxyl groups is 1. The summed E-state index contributed by atoms with van der Waals surface area (Å²) in [7, 11) is 0. The summed E-state index contributed by atoms with van der Waals surface area (Å²) in [6.45, 7) is 4.34. The van der Waals surface area contributed by atoms with Crippen molar-refractivity contribution in [1.29, 1.82) is 0 Å². The number of aromatic nitrogens is 2. The summed E-state index contributed by atoms with van der Waals surface area (Å²) in [5.74, 6) is 0.236. The van der Waals surface area contributed by atoms with E-state index in [1.165, 1.54) is 5.69 Å². The number of thiocarbonyl (C=S) groups is 1. The normalized spacial score (nSPS) is 19.5. The maximum Gasteiger partial charge on any atom is 0.174 e. The average Bonchev–Trinajstić information content (AvgIpc) is 3.27. The molecule has 6 heteroatoms. The van der Waals surface area contributed by atoms with Crippen molar-refractivity contribution in [3.05, 3.63) is 78.4 Å². The Hall–Kier alpha value is -2.86. The van der Waals surface area contributed by atoms with E-state index in [4.69, 9.17) is 12.2 Å². The van der Waals surface area contributed by atoms with Crippen LogP contribution in [0.1, 0.15) is 43.4 Å². The van der Waals surface area contributed by atoms with Gasteiger partial charge in [-0.05, 0) is 74.6 Å². The molecular weight excluding hydrogens is 356 g/mol. The summed E-state index contributed by atoms with van der Waals surface area (Å²) in [5, 5.41) is 13.8. The predicted octanol–water partition coefficient (Wildman–Crippen LogP) is 4.35. The highest BCUT2D eigenvalue weighted by molar-refractivity contribution is 7.80. The highest BCUT2D eigenvalue weighted by atomic mass is 32.1. The number of nitrogens with zero attached hydrogens (tertiary/aromatic N) is 3. The van der Waals surface area contributed by atoms with Crippen molar-refractivity contribution in [1.82, 2.24) is 14.9 Å². The molecule has 0 aliphatic carbocycles. The lowest BCUT2D eigenvalue weighted by Crippen LogP contribution is -2.30. The molecule has 1 aromatic carbocycles. The number of hydrogen-bond acceptors (Lipinski definition) is 3. The van der Waals surface area contributed by atoms with E-state index in [0.717, 1.165) is 11.4 Å². The van der Waals surface area contributed by atoms with E-state index in [9.17, 15) is 5.11 Å². The van der Waals surface area contributed by atoms with Gasteiger partial charge in [-0.15, -0.1) is 0 Å². The van der Waals surface area contributed by atoms with E-state index in [2.05, 4.69) is 51.9 Å². The Balaban J connectivity index is 1.85. The number of phenols is 1. The Morgan fingerprint density at radius 1 is 1.07 bits per heavy atom. The number of anilines is 1. The standard InChI is InChI=1S/C21H22N4OS/c1-14(2)24-13-5-7-18(24)20-19(17-6-3-4-12-22-17)23-21(27)25(20)15-8-10-16(26)11-9-15/h3-14,19-20,26H,1-2H3,(H,23,27). The van der Waals surface area contributed by atoms with Gasteiger partial charge in [0.25, 0.3) is 0 Å². The van der Waals surface area contributed by atoms with E-state index in [1.54, 1.807) is 12.1 Å². The van der Waals surface area contributed by atoms with Crippen LogP contribution in [0.2, 0.25) is 0 Å². The number of nitrogens with one attached hydrogen (secondary N) is 1. The molecule has 0 radical (unpaired) electrons. The Kier molecular flexibility index (Phi) is 4.58. The lowest BCUT2D eigenvalue weighted by molar-refractivity contribution is 0.475. The minimum absolute atomic E-state index is 0.0469. The molecule has 1 saturated heterocycles. The number of benzene rings is 1. The van der Waals surface area contributed by atoms with Gasteiger partial charge in [0.05, 0.1) is 11.7 Å². The predicted molar refractivity (Wildman–Crippen MR) is 111 cm³/mol. The van der Waals surface area contributed by atoms with Gasteiger partial charge in [-0.2, -0.15) is 0 Å². The second-order valence-corrected chi connectivity index (χ2v) is 7.33. The monoisotopic (exact) mass is 378 g/mol. The van der Waals surface area contributed by atoms with Gasteiger partial charge in [-0.25, -0.2) is 0 Å². The Morgan fingerprint density at radius 2 is 1.85 bits per heavy atom. The van der Waals surface area contributed by atoms with E-state index < -0.39 is 0 Å². The minimum Gasteiger partial charge on any atom is -0.508 e. The van der Waals surface area contributed by atoms with Crippen molar-refractivity contribution < 1.29 is 5.11 Å². The van der Waals surface area contributed by atoms with Gasteiger partial charge in [0.1, 0.15) is 11.8 Å². The van der Waals surface area contributed by atoms with Crippen molar-refractivity contribution in [2.45, 2.75) is 32.0 Å². The molecule has 1 aliphatic rings. The molecule has 138 valence electrons. The SMILES string of the molecule is CC(C)n1cccc1C1C(c2ccccn2)NC(=S)N1c1ccc(O)cc1. The molecule has 3 heterocycles. The summed E-state index contributed by atoms with van der Waals surface area (Å²) < 4.78 is 2.27. The number of rotatable bonds is 4. The van der Waals surface area contributed by atoms with Crippen LogP contribution in [0.3, 0.4) is 0 Å². The first kappa shape index (κ1) is 17.5. The first-order chi connectivity index (χ1) is 13.1. The number of hydrogen-bond donors (Lipinski definition) is 2. The van der Waals surface area contributed by atoms with Crippen molar-refractivity contribution in [2.75, 3.05) is 4.90 Å². The maximum atomic E-state index is 9.68. The molecular formula is C21H22N4OS. The zero-order chi connectivity index (χ0) is 19.0. The van der Waals surface area contributed by atoms with Crippen LogP contribution in [0, 0.1) is 0 Å². The van der Waals surface area contributed by atoms with Crippen LogP contribution >= 0.6 is 12.2 Å². The van der Waals surface area contributed by atoms with Gasteiger partial charge < -0.3 is 19.9 Å². The molecule has 0 bridgehead atoms. The lowest BCUT2D eigenvalue weighted by Gasteiger charge is -2.29. The summed E-state index contributed by atoms with van der Waals surface area (Å²) >= 11 is 5.71. The fourth-order valence-corrected chi connectivity index (χ4v) is 4.02. The quantitative estimate of drug-likeness (QED) is 0.661. The summed E-state index contributed by atoms with van der Waals surface area (Å²) in [6, 6.07) is 17.5. The Bertz CT molecular complexity index is 936. The van der Waals surface area contributed by atoms with Crippen LogP contribution < -0.4 is 10.2 Å². The molecule has 2 aromatic heterocycles. The number of phenolic OH excluding ortho intramolecular Hbond substituents is 1. The largest absolute Gasteiger partial charge is 0.508 e. The zero-order valence-corrected chi connectivity index (χ0v) is 16.1. The van der Waals surface area contributed by atoms with Crippen LogP contribution in [0.5, 0.6) is 5.75 Å². The highest BCUT2D eigenvalue weighted by Crippen LogP contribution is 2.42. The second-order valence-electron chi connectivity index (χ2n) is 6.95. The van der Waals surface area contributed by atoms with E-state index >= 15 is 0 Å². The smallest absolute Gasteiger partial charge is 0.174 e. The molecule has 1 aliphatic heterocycles. The average molecular weight is 379 g/mol. The molecule has 0 spiro atoms. The third kappa shape index (κ3) is 3.17. The first-order valence-electron chi connectivity index (χ1n) is 9.02. The molecule has 1 fully saturated rings. The molecule has 3 aromatic rings. The minimum atomic E-state index is -0.0695. The van der Waals surface area contributed by atoms with Gasteiger partial charge in [0, 0.05) is 29.8 Å². The van der Waals surface area contributed by atoms with Crippen LogP contribution in [-0.4, -0.2) is 19.8 Å². The first-order valence-corrected chi connectivity index (χ1v) is 9.43. The third-order valence-corrected chi connectivity index (χ3v) is 5.21. The third-order valence-electron chi connectivity index (χ3n) is 4.90. The molecule has 2 atom stereocenters. The maximum absolute atomic E-state index is 9.68. The molecule has 0 saturated carbocycles. The Labute approximate surface area is 164 Å². The van der Waals surface area contributed by atoms with Crippen molar-refractivity contribution >= 4 is 23.0 Å². The molecule has 4 rings (SSSR count). The van der Waals surface area contributed by atoms with Gasteiger partial charge in [0.15, 0.2) is 5.11 Å². The molecule has 0 amide bonds. The molecule has 5 nitrogen and oxygen atoms in total. The van der Waals surface area contributed by atoms with Crippen molar-refractivity contribution in [2.24, 2.45) is 0 Å². The van der Waals surface area contributed by atoms with E-state index in [-0.39, 0.29) is 17.8 Å². The molecule has 27 heavy (non-hydrogen) atoms. The fraction of sp³-hybridized carbons (Fsp3) is 0.238. The summed E-state index contributed by atoms with van der Waals surface area (Å²) in [6.07, 6.45) is 3.91. The van der Waals surface area contributed by atoms with Crippen LogP contribution in [0.25, 0.3) is 0 Å². The van der Waals surface area contributed by atoms with Gasteiger partial charge in [-0.3, -0.25) is 4.98 Å². The number of pyridine rings is 1. The summed E-state index contributed by atoms with van der Waals surface area (Å²) in [5.41, 5.74) is 3.05. The molecule has 2 unspecified atom stereocenters. The second kappa shape index (κ2) is 7.04. The van der Waals surface area contributed by atoms with Crippen molar-refractivity contribution in [3.8, 4) is 5.75 Å². The van der Waals surface area contributed by atoms with Gasteiger partial charge in [-0.1, -0.05) is 6.07 Å². The fourth-order valence-electron chi connectivity index (χ4n) is 3.67. The van der Waals surface area contributed by atoms with Gasteiger partial charge >= 0.3 is 0 Å².